The Morgan fingerprint density at radius 2 is 1.96 bits per heavy atom. The van der Waals surface area contributed by atoms with Crippen molar-refractivity contribution >= 4 is 27.5 Å². The van der Waals surface area contributed by atoms with Gasteiger partial charge in [-0.2, -0.15) is 5.10 Å². The first-order valence-corrected chi connectivity index (χ1v) is 8.94. The number of pyridine rings is 1. The van der Waals surface area contributed by atoms with Crippen LogP contribution >= 0.6 is 11.3 Å². The fourth-order valence-electron chi connectivity index (χ4n) is 2.77. The van der Waals surface area contributed by atoms with Crippen molar-refractivity contribution < 1.29 is 0 Å². The van der Waals surface area contributed by atoms with Gasteiger partial charge in [0, 0.05) is 31.9 Å². The minimum absolute atomic E-state index is 0.747. The average molecular weight is 349 g/mol. The third-order valence-corrected chi connectivity index (χ3v) is 5.25. The largest absolute Gasteiger partial charge is 0.354 e. The second-order valence-corrected chi connectivity index (χ2v) is 7.28. The van der Waals surface area contributed by atoms with E-state index in [0.29, 0.717) is 0 Å². The Morgan fingerprint density at radius 3 is 2.68 bits per heavy atom. The van der Waals surface area contributed by atoms with E-state index < -0.39 is 0 Å². The lowest BCUT2D eigenvalue weighted by Gasteiger charge is -2.05. The van der Waals surface area contributed by atoms with Gasteiger partial charge in [0.25, 0.3) is 0 Å². The van der Waals surface area contributed by atoms with Crippen molar-refractivity contribution in [1.82, 2.24) is 19.7 Å². The number of fused-ring (bicyclic) bond motifs is 1. The molecule has 0 fully saturated rings. The number of nitrogens with zero attached hydrogens (tertiary/aromatic N) is 5. The molecular weight excluding hydrogens is 330 g/mol. The van der Waals surface area contributed by atoms with Crippen molar-refractivity contribution in [3.8, 4) is 10.6 Å². The molecule has 0 unspecified atom stereocenters. The maximum absolute atomic E-state index is 4.76. The molecule has 4 aromatic rings. The molecule has 1 aromatic carbocycles. The van der Waals surface area contributed by atoms with Crippen LogP contribution in [-0.4, -0.2) is 33.8 Å². The van der Waals surface area contributed by atoms with E-state index in [0.717, 1.165) is 33.3 Å². The fraction of sp³-hybridized carbons (Fsp3) is 0.211. The fourth-order valence-corrected chi connectivity index (χ4v) is 3.57. The number of hydrogen-bond acceptors (Lipinski definition) is 5. The molecule has 0 aliphatic carbocycles. The molecule has 0 amide bonds. The van der Waals surface area contributed by atoms with Crippen molar-refractivity contribution in [2.24, 2.45) is 0 Å². The molecule has 6 heteroatoms. The second-order valence-electron chi connectivity index (χ2n) is 6.28. The van der Waals surface area contributed by atoms with Crippen LogP contribution in [0.15, 0.2) is 48.8 Å². The van der Waals surface area contributed by atoms with Crippen LogP contribution in [0.2, 0.25) is 0 Å². The molecule has 0 bridgehead atoms. The molecule has 0 aliphatic heterocycles. The summed E-state index contributed by atoms with van der Waals surface area (Å²) in [7, 11) is 3.99. The van der Waals surface area contributed by atoms with E-state index in [2.05, 4.69) is 41.4 Å². The van der Waals surface area contributed by atoms with Crippen LogP contribution in [0.5, 0.6) is 0 Å². The van der Waals surface area contributed by atoms with E-state index in [-0.39, 0.29) is 0 Å². The van der Waals surface area contributed by atoms with E-state index in [4.69, 9.17) is 4.98 Å². The zero-order valence-electron chi connectivity index (χ0n) is 14.5. The average Bonchev–Trinajstić information content (AvgIpc) is 3.22. The Bertz CT molecular complexity index is 1020. The van der Waals surface area contributed by atoms with Crippen LogP contribution in [0, 0.1) is 6.92 Å². The molecule has 3 heterocycles. The molecule has 0 aliphatic rings. The maximum Gasteiger partial charge on any atom is 0.185 e. The highest BCUT2D eigenvalue weighted by atomic mass is 32.1. The molecule has 0 spiro atoms. The lowest BCUT2D eigenvalue weighted by atomic mass is 10.2. The van der Waals surface area contributed by atoms with Crippen LogP contribution in [-0.2, 0) is 6.54 Å². The van der Waals surface area contributed by atoms with Crippen LogP contribution in [0.4, 0.5) is 5.13 Å². The SMILES string of the molecule is Cc1cc(-c2cnc(N(C)C)s2)nc2nn(Cc3ccccc3)cc12. The highest BCUT2D eigenvalue weighted by Crippen LogP contribution is 2.31. The van der Waals surface area contributed by atoms with Gasteiger partial charge in [0.1, 0.15) is 0 Å². The highest BCUT2D eigenvalue weighted by Gasteiger charge is 2.12. The van der Waals surface area contributed by atoms with Gasteiger partial charge in [-0.3, -0.25) is 4.68 Å². The van der Waals surface area contributed by atoms with Crippen molar-refractivity contribution in [3.63, 3.8) is 0 Å². The Labute approximate surface area is 150 Å². The van der Waals surface area contributed by atoms with Gasteiger partial charge in [0.15, 0.2) is 10.8 Å². The van der Waals surface area contributed by atoms with Crippen LogP contribution in [0.1, 0.15) is 11.1 Å². The van der Waals surface area contributed by atoms with Crippen molar-refractivity contribution in [1.29, 1.82) is 0 Å². The summed E-state index contributed by atoms with van der Waals surface area (Å²) in [6.07, 6.45) is 3.96. The maximum atomic E-state index is 4.76. The summed E-state index contributed by atoms with van der Waals surface area (Å²) in [4.78, 5) is 12.3. The first-order valence-electron chi connectivity index (χ1n) is 8.12. The van der Waals surface area contributed by atoms with Gasteiger partial charge in [0.05, 0.1) is 17.1 Å². The molecule has 5 nitrogen and oxygen atoms in total. The summed E-state index contributed by atoms with van der Waals surface area (Å²) < 4.78 is 1.96. The minimum atomic E-state index is 0.747. The summed E-state index contributed by atoms with van der Waals surface area (Å²) in [6, 6.07) is 12.5. The summed E-state index contributed by atoms with van der Waals surface area (Å²) in [5, 5.41) is 6.75. The molecule has 4 rings (SSSR count). The summed E-state index contributed by atoms with van der Waals surface area (Å²) in [5.74, 6) is 0. The predicted molar refractivity (Wildman–Crippen MR) is 103 cm³/mol. The van der Waals surface area contributed by atoms with Gasteiger partial charge in [-0.15, -0.1) is 0 Å². The van der Waals surface area contributed by atoms with Crippen molar-refractivity contribution in [2.45, 2.75) is 13.5 Å². The van der Waals surface area contributed by atoms with Crippen LogP contribution < -0.4 is 4.90 Å². The number of aryl methyl sites for hydroxylation is 1. The summed E-state index contributed by atoms with van der Waals surface area (Å²) >= 11 is 1.64. The van der Waals surface area contributed by atoms with Crippen LogP contribution in [0.25, 0.3) is 21.6 Å². The van der Waals surface area contributed by atoms with Gasteiger partial charge in [-0.1, -0.05) is 41.7 Å². The van der Waals surface area contributed by atoms with Gasteiger partial charge in [-0.05, 0) is 24.1 Å². The Morgan fingerprint density at radius 1 is 1.16 bits per heavy atom. The minimum Gasteiger partial charge on any atom is -0.354 e. The van der Waals surface area contributed by atoms with Crippen molar-refractivity contribution in [3.05, 3.63) is 59.9 Å². The Kier molecular flexibility index (Phi) is 3.97. The third-order valence-electron chi connectivity index (χ3n) is 4.06. The van der Waals surface area contributed by atoms with Crippen molar-refractivity contribution in [2.75, 3.05) is 19.0 Å². The van der Waals surface area contributed by atoms with Gasteiger partial charge < -0.3 is 4.90 Å². The van der Waals surface area contributed by atoms with Gasteiger partial charge in [0.2, 0.25) is 0 Å². The first kappa shape index (κ1) is 15.8. The smallest absolute Gasteiger partial charge is 0.185 e. The summed E-state index contributed by atoms with van der Waals surface area (Å²) in [5.41, 5.74) is 4.12. The lowest BCUT2D eigenvalue weighted by molar-refractivity contribution is 0.693. The number of thiazole rings is 1. The standard InChI is InChI=1S/C19H19N5S/c1-13-9-16(17-10-20-19(25-17)23(2)3)21-18-15(13)12-24(22-18)11-14-7-5-4-6-8-14/h4-10,12H,11H2,1-3H3. The zero-order valence-corrected chi connectivity index (χ0v) is 15.3. The topological polar surface area (TPSA) is 46.8 Å². The number of aromatic nitrogens is 4. The quantitative estimate of drug-likeness (QED) is 0.559. The highest BCUT2D eigenvalue weighted by molar-refractivity contribution is 7.18. The molecular formula is C19H19N5S. The van der Waals surface area contributed by atoms with E-state index >= 15 is 0 Å². The Balaban J connectivity index is 1.71. The van der Waals surface area contributed by atoms with Gasteiger partial charge >= 0.3 is 0 Å². The number of anilines is 1. The molecule has 3 aromatic heterocycles. The van der Waals surface area contributed by atoms with Crippen LogP contribution in [0.3, 0.4) is 0 Å². The van der Waals surface area contributed by atoms with E-state index in [1.54, 1.807) is 11.3 Å². The predicted octanol–water partition coefficient (Wildman–Crippen LogP) is 3.98. The summed E-state index contributed by atoms with van der Waals surface area (Å²) in [6.45, 7) is 2.85. The zero-order chi connectivity index (χ0) is 17.4. The number of hydrogen-bond donors (Lipinski definition) is 0. The normalized spacial score (nSPS) is 11.2. The van der Waals surface area contributed by atoms with E-state index in [9.17, 15) is 0 Å². The van der Waals surface area contributed by atoms with E-state index in [1.165, 1.54) is 11.1 Å². The number of rotatable bonds is 4. The molecule has 0 radical (unpaired) electrons. The molecule has 0 saturated carbocycles. The van der Waals surface area contributed by atoms with E-state index in [1.807, 2.05) is 48.1 Å². The molecule has 25 heavy (non-hydrogen) atoms. The molecule has 126 valence electrons. The molecule has 0 atom stereocenters. The first-order chi connectivity index (χ1) is 12.1. The Hall–Kier alpha value is -2.73. The lowest BCUT2D eigenvalue weighted by Crippen LogP contribution is -2.07. The third kappa shape index (κ3) is 3.13. The number of benzene rings is 1. The molecule has 0 N–H and O–H groups in total. The molecule has 0 saturated heterocycles. The van der Waals surface area contributed by atoms with Gasteiger partial charge in [-0.25, -0.2) is 9.97 Å². The second kappa shape index (κ2) is 6.29. The monoisotopic (exact) mass is 349 g/mol.